The molecule has 2 N–H and O–H groups in total. The van der Waals surface area contributed by atoms with E-state index in [4.69, 9.17) is 0 Å². The molecule has 0 unspecified atom stereocenters. The number of nitrogens with one attached hydrogen (secondary N) is 2. The molecule has 0 saturated carbocycles. The molecule has 0 bridgehead atoms. The number of rotatable bonds is 2. The van der Waals surface area contributed by atoms with Crippen LogP contribution in [0.15, 0.2) is 48.7 Å². The number of halogens is 2. The van der Waals surface area contributed by atoms with Gasteiger partial charge in [-0.05, 0) is 36.4 Å². The summed E-state index contributed by atoms with van der Waals surface area (Å²) in [5.41, 5.74) is 1.84. The molecule has 2 nitrogen and oxygen atoms in total. The highest BCUT2D eigenvalue weighted by Gasteiger charge is 2.04. The molecule has 0 amide bonds. The Morgan fingerprint density at radius 3 is 2.72 bits per heavy atom. The Balaban J connectivity index is 1.97. The monoisotopic (exact) mass is 244 g/mol. The summed E-state index contributed by atoms with van der Waals surface area (Å²) in [7, 11) is 0. The lowest BCUT2D eigenvalue weighted by Crippen LogP contribution is -1.94. The molecule has 18 heavy (non-hydrogen) atoms. The van der Waals surface area contributed by atoms with Crippen LogP contribution in [-0.4, -0.2) is 4.98 Å². The lowest BCUT2D eigenvalue weighted by atomic mass is 10.2. The van der Waals surface area contributed by atoms with Gasteiger partial charge in [-0.2, -0.15) is 0 Å². The minimum atomic E-state index is -0.481. The first kappa shape index (κ1) is 10.8. The van der Waals surface area contributed by atoms with Gasteiger partial charge in [0.1, 0.15) is 11.6 Å². The van der Waals surface area contributed by atoms with Gasteiger partial charge in [-0.1, -0.05) is 0 Å². The van der Waals surface area contributed by atoms with E-state index in [1.54, 1.807) is 0 Å². The summed E-state index contributed by atoms with van der Waals surface area (Å²) < 4.78 is 26.5. The summed E-state index contributed by atoms with van der Waals surface area (Å²) in [5.74, 6) is -0.952. The van der Waals surface area contributed by atoms with Crippen molar-refractivity contribution in [3.8, 4) is 0 Å². The summed E-state index contributed by atoms with van der Waals surface area (Å²) in [6.45, 7) is 0. The minimum absolute atomic E-state index is 0.130. The first-order chi connectivity index (χ1) is 8.72. The third-order valence-electron chi connectivity index (χ3n) is 2.76. The molecule has 1 heterocycles. The normalized spacial score (nSPS) is 10.8. The topological polar surface area (TPSA) is 27.8 Å². The smallest absolute Gasteiger partial charge is 0.146 e. The fourth-order valence-electron chi connectivity index (χ4n) is 1.88. The highest BCUT2D eigenvalue weighted by molar-refractivity contribution is 5.84. The number of aromatic amines is 1. The van der Waals surface area contributed by atoms with E-state index in [1.165, 1.54) is 0 Å². The van der Waals surface area contributed by atoms with Crippen LogP contribution in [0.5, 0.6) is 0 Å². The molecule has 90 valence electrons. The van der Waals surface area contributed by atoms with E-state index in [1.807, 2.05) is 30.5 Å². The molecule has 3 aromatic rings. The fraction of sp³-hybridized carbons (Fsp3) is 0. The second-order valence-corrected chi connectivity index (χ2v) is 4.03. The molecular weight excluding hydrogens is 234 g/mol. The van der Waals surface area contributed by atoms with Gasteiger partial charge in [0, 0.05) is 28.9 Å². The van der Waals surface area contributed by atoms with Crippen LogP contribution < -0.4 is 5.32 Å². The third kappa shape index (κ3) is 1.93. The Kier molecular flexibility index (Phi) is 2.48. The van der Waals surface area contributed by atoms with Crippen molar-refractivity contribution in [2.75, 3.05) is 5.32 Å². The summed E-state index contributed by atoms with van der Waals surface area (Å²) in [6.07, 6.45) is 1.83. The van der Waals surface area contributed by atoms with Crippen LogP contribution in [0.25, 0.3) is 10.9 Å². The Morgan fingerprint density at radius 2 is 1.83 bits per heavy atom. The quantitative estimate of drug-likeness (QED) is 0.695. The van der Waals surface area contributed by atoms with Gasteiger partial charge in [0.05, 0.1) is 5.69 Å². The average Bonchev–Trinajstić information content (AvgIpc) is 2.81. The van der Waals surface area contributed by atoms with Gasteiger partial charge < -0.3 is 10.3 Å². The SMILES string of the molecule is Fc1ccc(F)c(Nc2ccc3[nH]ccc3c2)c1. The molecule has 1 aromatic heterocycles. The molecule has 2 aromatic carbocycles. The first-order valence-corrected chi connectivity index (χ1v) is 5.51. The van der Waals surface area contributed by atoms with E-state index in [9.17, 15) is 8.78 Å². The predicted molar refractivity (Wildman–Crippen MR) is 67.9 cm³/mol. The largest absolute Gasteiger partial charge is 0.361 e. The van der Waals surface area contributed by atoms with Crippen molar-refractivity contribution < 1.29 is 8.78 Å². The first-order valence-electron chi connectivity index (χ1n) is 5.51. The van der Waals surface area contributed by atoms with E-state index < -0.39 is 11.6 Å². The Morgan fingerprint density at radius 1 is 0.944 bits per heavy atom. The standard InChI is InChI=1S/C14H10F2N2/c15-10-1-3-12(16)14(8-10)18-11-2-4-13-9(7-11)5-6-17-13/h1-8,17-18H. The van der Waals surface area contributed by atoms with Crippen LogP contribution in [0.4, 0.5) is 20.2 Å². The van der Waals surface area contributed by atoms with E-state index in [0.717, 1.165) is 29.1 Å². The molecule has 4 heteroatoms. The van der Waals surface area contributed by atoms with Crippen molar-refractivity contribution in [2.45, 2.75) is 0 Å². The van der Waals surface area contributed by atoms with Gasteiger partial charge in [0.15, 0.2) is 0 Å². The van der Waals surface area contributed by atoms with Crippen molar-refractivity contribution in [2.24, 2.45) is 0 Å². The molecule has 0 spiro atoms. The number of anilines is 2. The van der Waals surface area contributed by atoms with Crippen LogP contribution in [0.3, 0.4) is 0 Å². The van der Waals surface area contributed by atoms with Gasteiger partial charge >= 0.3 is 0 Å². The van der Waals surface area contributed by atoms with Crippen molar-refractivity contribution in [3.05, 3.63) is 60.3 Å². The molecule has 0 radical (unpaired) electrons. The highest BCUT2D eigenvalue weighted by atomic mass is 19.1. The lowest BCUT2D eigenvalue weighted by Gasteiger charge is -2.07. The van der Waals surface area contributed by atoms with Crippen LogP contribution in [0.2, 0.25) is 0 Å². The van der Waals surface area contributed by atoms with Crippen molar-refractivity contribution >= 4 is 22.3 Å². The van der Waals surface area contributed by atoms with Gasteiger partial charge in [-0.15, -0.1) is 0 Å². The maximum absolute atomic E-state index is 13.5. The third-order valence-corrected chi connectivity index (χ3v) is 2.76. The fourth-order valence-corrected chi connectivity index (χ4v) is 1.88. The summed E-state index contributed by atoms with van der Waals surface area (Å²) in [4.78, 5) is 3.07. The number of H-pyrrole nitrogens is 1. The number of hydrogen-bond acceptors (Lipinski definition) is 1. The zero-order valence-electron chi connectivity index (χ0n) is 9.37. The molecule has 0 atom stereocenters. The summed E-state index contributed by atoms with van der Waals surface area (Å²) in [5, 5.41) is 3.88. The number of benzene rings is 2. The van der Waals surface area contributed by atoms with Crippen LogP contribution in [-0.2, 0) is 0 Å². The zero-order valence-corrected chi connectivity index (χ0v) is 9.37. The van der Waals surface area contributed by atoms with Gasteiger partial charge in [0.2, 0.25) is 0 Å². The van der Waals surface area contributed by atoms with E-state index in [0.29, 0.717) is 5.69 Å². The summed E-state index contributed by atoms with van der Waals surface area (Å²) >= 11 is 0. The highest BCUT2D eigenvalue weighted by Crippen LogP contribution is 2.23. The average molecular weight is 244 g/mol. The van der Waals surface area contributed by atoms with Crippen molar-refractivity contribution in [1.29, 1.82) is 0 Å². The molecule has 0 fully saturated rings. The minimum Gasteiger partial charge on any atom is -0.361 e. The molecule has 3 rings (SSSR count). The van der Waals surface area contributed by atoms with Gasteiger partial charge in [-0.25, -0.2) is 8.78 Å². The zero-order chi connectivity index (χ0) is 12.5. The van der Waals surface area contributed by atoms with Crippen LogP contribution in [0.1, 0.15) is 0 Å². The van der Waals surface area contributed by atoms with Crippen LogP contribution in [0, 0.1) is 11.6 Å². The Bertz CT molecular complexity index is 704. The van der Waals surface area contributed by atoms with Crippen molar-refractivity contribution in [1.82, 2.24) is 4.98 Å². The predicted octanol–water partition coefficient (Wildman–Crippen LogP) is 4.19. The van der Waals surface area contributed by atoms with Gasteiger partial charge in [0.25, 0.3) is 0 Å². The maximum atomic E-state index is 13.5. The van der Waals surface area contributed by atoms with Crippen LogP contribution >= 0.6 is 0 Å². The molecule has 0 aliphatic rings. The second kappa shape index (κ2) is 4.14. The van der Waals surface area contributed by atoms with Crippen molar-refractivity contribution in [3.63, 3.8) is 0 Å². The Labute approximate surface area is 102 Å². The molecule has 0 saturated heterocycles. The van der Waals surface area contributed by atoms with E-state index in [2.05, 4.69) is 10.3 Å². The molecular formula is C14H10F2N2. The lowest BCUT2D eigenvalue weighted by molar-refractivity contribution is 0.603. The molecule has 0 aliphatic heterocycles. The molecule has 0 aliphatic carbocycles. The summed E-state index contributed by atoms with van der Waals surface area (Å²) in [6, 6.07) is 10.8. The number of aromatic nitrogens is 1. The van der Waals surface area contributed by atoms with E-state index in [-0.39, 0.29) is 5.69 Å². The van der Waals surface area contributed by atoms with E-state index >= 15 is 0 Å². The second-order valence-electron chi connectivity index (χ2n) is 4.03. The Hall–Kier alpha value is -2.36. The number of hydrogen-bond donors (Lipinski definition) is 2. The number of fused-ring (bicyclic) bond motifs is 1. The maximum Gasteiger partial charge on any atom is 0.146 e. The van der Waals surface area contributed by atoms with Gasteiger partial charge in [-0.3, -0.25) is 0 Å².